The van der Waals surface area contributed by atoms with Crippen LogP contribution in [0.4, 0.5) is 5.69 Å². The third kappa shape index (κ3) is 3.35. The molecule has 0 fully saturated rings. The number of nitro groups is 1. The van der Waals surface area contributed by atoms with Crippen molar-refractivity contribution >= 4 is 22.0 Å². The molecule has 23 heavy (non-hydrogen) atoms. The van der Waals surface area contributed by atoms with E-state index in [0.717, 1.165) is 6.07 Å². The van der Waals surface area contributed by atoms with Gasteiger partial charge in [0.25, 0.3) is 5.69 Å². The second-order valence-corrected chi connectivity index (χ2v) is 6.13. The number of nitrogens with two attached hydrogens (primary N) is 1. The number of primary sulfonamides is 1. The van der Waals surface area contributed by atoms with Gasteiger partial charge in [0, 0.05) is 17.7 Å². The summed E-state index contributed by atoms with van der Waals surface area (Å²) in [6, 6.07) is 7.81. The highest BCUT2D eigenvalue weighted by Crippen LogP contribution is 2.36. The standard InChI is InChI=1S/C14H12N2O6S/c1-22-14-10(8-17)6-12(23(15,20)21)7-13(14)9-3-2-4-11(5-9)16(18)19/h2-8H,1H3,(H2,15,20,21). The molecular formula is C14H12N2O6S. The van der Waals surface area contributed by atoms with Gasteiger partial charge in [0.2, 0.25) is 10.0 Å². The summed E-state index contributed by atoms with van der Waals surface area (Å²) in [5.74, 6) is 0.105. The summed E-state index contributed by atoms with van der Waals surface area (Å²) >= 11 is 0. The van der Waals surface area contributed by atoms with E-state index in [2.05, 4.69) is 0 Å². The van der Waals surface area contributed by atoms with Crippen LogP contribution in [-0.2, 0) is 10.0 Å². The van der Waals surface area contributed by atoms with E-state index in [4.69, 9.17) is 9.88 Å². The van der Waals surface area contributed by atoms with Crippen molar-refractivity contribution in [1.29, 1.82) is 0 Å². The van der Waals surface area contributed by atoms with Crippen molar-refractivity contribution in [2.75, 3.05) is 7.11 Å². The monoisotopic (exact) mass is 336 g/mol. The average Bonchev–Trinajstić information content (AvgIpc) is 2.52. The third-order valence-electron chi connectivity index (χ3n) is 3.12. The van der Waals surface area contributed by atoms with Gasteiger partial charge in [-0.15, -0.1) is 0 Å². The lowest BCUT2D eigenvalue weighted by Gasteiger charge is -2.13. The smallest absolute Gasteiger partial charge is 0.270 e. The number of carbonyl (C=O) groups is 1. The molecule has 0 aliphatic heterocycles. The first kappa shape index (κ1) is 16.6. The van der Waals surface area contributed by atoms with E-state index in [1.807, 2.05) is 0 Å². The Morgan fingerprint density at radius 2 is 1.96 bits per heavy atom. The number of nitro benzene ring substituents is 1. The highest BCUT2D eigenvalue weighted by Gasteiger charge is 2.19. The highest BCUT2D eigenvalue weighted by atomic mass is 32.2. The number of benzene rings is 2. The van der Waals surface area contributed by atoms with Crippen LogP contribution >= 0.6 is 0 Å². The summed E-state index contributed by atoms with van der Waals surface area (Å²) in [6.07, 6.45) is 0.425. The predicted molar refractivity (Wildman–Crippen MR) is 81.8 cm³/mol. The van der Waals surface area contributed by atoms with Crippen LogP contribution in [0.5, 0.6) is 5.75 Å². The fourth-order valence-corrected chi connectivity index (χ4v) is 2.68. The Hall–Kier alpha value is -2.78. The molecule has 0 saturated carbocycles. The normalized spacial score (nSPS) is 11.0. The van der Waals surface area contributed by atoms with Gasteiger partial charge in [0.15, 0.2) is 6.29 Å². The maximum atomic E-state index is 11.6. The lowest BCUT2D eigenvalue weighted by atomic mass is 10.0. The molecular weight excluding hydrogens is 324 g/mol. The molecule has 0 aromatic heterocycles. The maximum absolute atomic E-state index is 11.6. The van der Waals surface area contributed by atoms with Crippen LogP contribution in [0, 0.1) is 10.1 Å². The molecule has 0 spiro atoms. The minimum atomic E-state index is -4.07. The van der Waals surface area contributed by atoms with Crippen LogP contribution in [0.15, 0.2) is 41.3 Å². The van der Waals surface area contributed by atoms with Crippen molar-refractivity contribution in [3.8, 4) is 16.9 Å². The molecule has 2 N–H and O–H groups in total. The quantitative estimate of drug-likeness (QED) is 0.503. The second-order valence-electron chi connectivity index (χ2n) is 4.56. The van der Waals surface area contributed by atoms with Crippen LogP contribution in [0.1, 0.15) is 10.4 Å². The third-order valence-corrected chi connectivity index (χ3v) is 4.01. The Kier molecular flexibility index (Phi) is 4.43. The Labute approximate surface area is 131 Å². The zero-order chi connectivity index (χ0) is 17.2. The van der Waals surface area contributed by atoms with Crippen LogP contribution in [0.3, 0.4) is 0 Å². The van der Waals surface area contributed by atoms with E-state index >= 15 is 0 Å². The molecule has 2 aromatic carbocycles. The van der Waals surface area contributed by atoms with Crippen LogP contribution in [0.25, 0.3) is 11.1 Å². The van der Waals surface area contributed by atoms with Gasteiger partial charge in [-0.25, -0.2) is 13.6 Å². The maximum Gasteiger partial charge on any atom is 0.270 e. The van der Waals surface area contributed by atoms with Gasteiger partial charge in [-0.1, -0.05) is 12.1 Å². The number of hydrogen-bond acceptors (Lipinski definition) is 6. The van der Waals surface area contributed by atoms with Crippen molar-refractivity contribution in [2.45, 2.75) is 4.90 Å². The highest BCUT2D eigenvalue weighted by molar-refractivity contribution is 7.89. The fourth-order valence-electron chi connectivity index (χ4n) is 2.10. The molecule has 9 heteroatoms. The van der Waals surface area contributed by atoms with E-state index in [1.54, 1.807) is 0 Å². The van der Waals surface area contributed by atoms with Gasteiger partial charge in [-0.2, -0.15) is 0 Å². The number of sulfonamides is 1. The molecule has 0 bridgehead atoms. The Morgan fingerprint density at radius 1 is 1.26 bits per heavy atom. The van der Waals surface area contributed by atoms with Gasteiger partial charge in [0.05, 0.1) is 22.5 Å². The fraction of sp³-hybridized carbons (Fsp3) is 0.0714. The molecule has 2 aromatic rings. The summed E-state index contributed by atoms with van der Waals surface area (Å²) < 4.78 is 28.3. The van der Waals surface area contributed by atoms with Crippen molar-refractivity contribution < 1.29 is 22.9 Å². The summed E-state index contributed by atoms with van der Waals surface area (Å²) in [4.78, 5) is 21.2. The number of ether oxygens (including phenoxy) is 1. The Morgan fingerprint density at radius 3 is 2.48 bits per heavy atom. The minimum absolute atomic E-state index is 0.0273. The first-order valence-electron chi connectivity index (χ1n) is 6.22. The molecule has 0 saturated heterocycles. The lowest BCUT2D eigenvalue weighted by molar-refractivity contribution is -0.384. The number of rotatable bonds is 5. The molecule has 0 unspecified atom stereocenters. The van der Waals surface area contributed by atoms with Crippen molar-refractivity contribution in [1.82, 2.24) is 0 Å². The zero-order valence-corrected chi connectivity index (χ0v) is 12.7. The minimum Gasteiger partial charge on any atom is -0.495 e. The number of hydrogen-bond donors (Lipinski definition) is 1. The molecule has 8 nitrogen and oxygen atoms in total. The van der Waals surface area contributed by atoms with E-state index in [1.165, 1.54) is 37.4 Å². The first-order valence-corrected chi connectivity index (χ1v) is 7.77. The average molecular weight is 336 g/mol. The summed E-state index contributed by atoms with van der Waals surface area (Å²) in [6.45, 7) is 0. The topological polar surface area (TPSA) is 130 Å². The van der Waals surface area contributed by atoms with Gasteiger partial charge in [-0.3, -0.25) is 14.9 Å². The molecule has 120 valence electrons. The first-order chi connectivity index (χ1) is 10.8. The summed E-state index contributed by atoms with van der Waals surface area (Å²) in [7, 11) is -2.76. The predicted octanol–water partition coefficient (Wildman–Crippen LogP) is 1.73. The molecule has 0 atom stereocenters. The summed E-state index contributed by atoms with van der Waals surface area (Å²) in [5.41, 5.74) is 0.327. The van der Waals surface area contributed by atoms with Gasteiger partial charge >= 0.3 is 0 Å². The molecule has 0 aliphatic carbocycles. The number of non-ortho nitro benzene ring substituents is 1. The SMILES string of the molecule is COc1c(C=O)cc(S(N)(=O)=O)cc1-c1cccc([N+](=O)[O-])c1. The van der Waals surface area contributed by atoms with Gasteiger partial charge in [-0.05, 0) is 17.7 Å². The Bertz CT molecular complexity index is 892. The molecule has 0 amide bonds. The molecule has 0 radical (unpaired) electrons. The van der Waals surface area contributed by atoms with Crippen molar-refractivity contribution in [3.63, 3.8) is 0 Å². The Balaban J connectivity index is 2.81. The molecule has 0 aliphatic rings. The molecule has 2 rings (SSSR count). The van der Waals surface area contributed by atoms with Crippen LogP contribution in [-0.4, -0.2) is 26.7 Å². The number of nitrogens with zero attached hydrogens (tertiary/aromatic N) is 1. The van der Waals surface area contributed by atoms with E-state index in [-0.39, 0.29) is 27.5 Å². The van der Waals surface area contributed by atoms with Crippen molar-refractivity contribution in [2.24, 2.45) is 5.14 Å². The second kappa shape index (κ2) is 6.15. The van der Waals surface area contributed by atoms with E-state index in [9.17, 15) is 23.3 Å². The summed E-state index contributed by atoms with van der Waals surface area (Å²) in [5, 5.41) is 16.0. The zero-order valence-electron chi connectivity index (χ0n) is 11.9. The van der Waals surface area contributed by atoms with E-state index < -0.39 is 14.9 Å². The lowest BCUT2D eigenvalue weighted by Crippen LogP contribution is -2.13. The van der Waals surface area contributed by atoms with Gasteiger partial charge < -0.3 is 4.74 Å². The number of carbonyl (C=O) groups excluding carboxylic acids is 1. The van der Waals surface area contributed by atoms with E-state index in [0.29, 0.717) is 11.8 Å². The van der Waals surface area contributed by atoms with Gasteiger partial charge in [0.1, 0.15) is 5.75 Å². The molecule has 0 heterocycles. The number of methoxy groups -OCH3 is 1. The van der Waals surface area contributed by atoms with Crippen LogP contribution < -0.4 is 9.88 Å². The van der Waals surface area contributed by atoms with Crippen molar-refractivity contribution in [3.05, 3.63) is 52.1 Å². The largest absolute Gasteiger partial charge is 0.495 e. The number of aldehydes is 1. The van der Waals surface area contributed by atoms with Crippen LogP contribution in [0.2, 0.25) is 0 Å².